The van der Waals surface area contributed by atoms with E-state index >= 15 is 0 Å². The number of nitro benzene ring substituents is 1. The van der Waals surface area contributed by atoms with E-state index in [4.69, 9.17) is 4.74 Å². The summed E-state index contributed by atoms with van der Waals surface area (Å²) < 4.78 is 5.73. The van der Waals surface area contributed by atoms with E-state index in [9.17, 15) is 14.9 Å². The average molecular weight is 377 g/mol. The minimum Gasteiger partial charge on any atom is -0.431 e. The Morgan fingerprint density at radius 1 is 1.07 bits per heavy atom. The topological polar surface area (TPSA) is 95.2 Å². The number of aromatic nitrogens is 2. The van der Waals surface area contributed by atoms with Crippen molar-refractivity contribution in [2.24, 2.45) is 0 Å². The molecule has 4 aromatic rings. The zero-order chi connectivity index (χ0) is 18.8. The molecule has 4 rings (SSSR count). The zero-order valence-corrected chi connectivity index (χ0v) is 14.6. The van der Waals surface area contributed by atoms with Gasteiger partial charge in [0.15, 0.2) is 0 Å². The maximum absolute atomic E-state index is 11.3. The van der Waals surface area contributed by atoms with Crippen molar-refractivity contribution >= 4 is 33.5 Å². The fourth-order valence-electron chi connectivity index (χ4n) is 2.60. The van der Waals surface area contributed by atoms with E-state index in [1.807, 2.05) is 36.4 Å². The Kier molecular flexibility index (Phi) is 4.31. The Balaban J connectivity index is 1.78. The zero-order valence-electron chi connectivity index (χ0n) is 13.7. The van der Waals surface area contributed by atoms with Gasteiger partial charge in [-0.05, 0) is 23.8 Å². The summed E-state index contributed by atoms with van der Waals surface area (Å²) in [6.45, 7) is 0. The van der Waals surface area contributed by atoms with Gasteiger partial charge in [-0.1, -0.05) is 30.3 Å². The van der Waals surface area contributed by atoms with Gasteiger partial charge in [-0.2, -0.15) is 0 Å². The van der Waals surface area contributed by atoms with Crippen LogP contribution in [-0.4, -0.2) is 21.2 Å². The molecule has 0 fully saturated rings. The molecule has 2 aromatic heterocycles. The SMILES string of the molecule is O=Cc1ccc(Oc2ncnc3sc(-c4ccccc4)cc23)c([N+](=O)[O-])c1. The second kappa shape index (κ2) is 6.93. The summed E-state index contributed by atoms with van der Waals surface area (Å²) in [5, 5.41) is 12.0. The van der Waals surface area contributed by atoms with Crippen LogP contribution in [0.15, 0.2) is 60.9 Å². The fraction of sp³-hybridized carbons (Fsp3) is 0. The lowest BCUT2D eigenvalue weighted by molar-refractivity contribution is -0.385. The lowest BCUT2D eigenvalue weighted by Crippen LogP contribution is -1.96. The van der Waals surface area contributed by atoms with Gasteiger partial charge in [0.25, 0.3) is 0 Å². The summed E-state index contributed by atoms with van der Waals surface area (Å²) >= 11 is 1.48. The van der Waals surface area contributed by atoms with Crippen LogP contribution in [0.5, 0.6) is 11.6 Å². The van der Waals surface area contributed by atoms with Crippen LogP contribution in [0, 0.1) is 10.1 Å². The normalized spacial score (nSPS) is 10.7. The summed E-state index contributed by atoms with van der Waals surface area (Å²) in [7, 11) is 0. The molecule has 27 heavy (non-hydrogen) atoms. The summed E-state index contributed by atoms with van der Waals surface area (Å²) in [4.78, 5) is 31.7. The maximum Gasteiger partial charge on any atom is 0.312 e. The minimum atomic E-state index is -0.594. The number of rotatable bonds is 5. The predicted molar refractivity (Wildman–Crippen MR) is 101 cm³/mol. The van der Waals surface area contributed by atoms with Crippen LogP contribution in [0.2, 0.25) is 0 Å². The molecule has 0 aliphatic rings. The van der Waals surface area contributed by atoms with Crippen LogP contribution in [0.25, 0.3) is 20.7 Å². The molecular weight excluding hydrogens is 366 g/mol. The molecule has 132 valence electrons. The highest BCUT2D eigenvalue weighted by Crippen LogP contribution is 2.38. The quantitative estimate of drug-likeness (QED) is 0.280. The molecule has 0 aliphatic heterocycles. The Labute approximate surface area is 157 Å². The largest absolute Gasteiger partial charge is 0.431 e. The van der Waals surface area contributed by atoms with E-state index in [0.29, 0.717) is 16.5 Å². The third-order valence-electron chi connectivity index (χ3n) is 3.87. The van der Waals surface area contributed by atoms with Crippen molar-refractivity contribution < 1.29 is 14.5 Å². The number of fused-ring (bicyclic) bond motifs is 1. The van der Waals surface area contributed by atoms with Gasteiger partial charge in [-0.25, -0.2) is 9.97 Å². The molecule has 0 spiro atoms. The van der Waals surface area contributed by atoms with Gasteiger partial charge in [0.05, 0.1) is 10.3 Å². The molecule has 0 radical (unpaired) electrons. The molecule has 0 bridgehead atoms. The number of hydrogen-bond donors (Lipinski definition) is 0. The van der Waals surface area contributed by atoms with E-state index < -0.39 is 4.92 Å². The first-order valence-corrected chi connectivity index (χ1v) is 8.69. The van der Waals surface area contributed by atoms with Crippen molar-refractivity contribution in [1.82, 2.24) is 9.97 Å². The second-order valence-electron chi connectivity index (χ2n) is 5.58. The number of aldehydes is 1. The molecule has 0 aliphatic carbocycles. The predicted octanol–water partition coefficient (Wildman–Crippen LogP) is 4.87. The molecule has 0 saturated carbocycles. The summed E-state index contributed by atoms with van der Waals surface area (Å²) in [6, 6.07) is 15.7. The van der Waals surface area contributed by atoms with Gasteiger partial charge in [0.1, 0.15) is 17.4 Å². The van der Waals surface area contributed by atoms with Gasteiger partial charge in [-0.3, -0.25) is 14.9 Å². The van der Waals surface area contributed by atoms with Crippen LogP contribution in [-0.2, 0) is 0 Å². The first kappa shape index (κ1) is 16.8. The third-order valence-corrected chi connectivity index (χ3v) is 4.97. The molecule has 2 aromatic carbocycles. The van der Waals surface area contributed by atoms with E-state index in [1.54, 1.807) is 0 Å². The average Bonchev–Trinajstić information content (AvgIpc) is 3.14. The van der Waals surface area contributed by atoms with E-state index in [-0.39, 0.29) is 22.9 Å². The first-order valence-electron chi connectivity index (χ1n) is 7.87. The third kappa shape index (κ3) is 3.25. The lowest BCUT2D eigenvalue weighted by Gasteiger charge is -2.06. The number of carbonyl (C=O) groups is 1. The molecule has 7 nitrogen and oxygen atoms in total. The molecule has 0 saturated heterocycles. The smallest absolute Gasteiger partial charge is 0.312 e. The van der Waals surface area contributed by atoms with Crippen LogP contribution in [0.1, 0.15) is 10.4 Å². The van der Waals surface area contributed by atoms with Gasteiger partial charge in [0.2, 0.25) is 11.6 Å². The highest BCUT2D eigenvalue weighted by Gasteiger charge is 2.19. The number of carbonyl (C=O) groups excluding carboxylic acids is 1. The monoisotopic (exact) mass is 377 g/mol. The van der Waals surface area contributed by atoms with Crippen LogP contribution >= 0.6 is 11.3 Å². The number of ether oxygens (including phenoxy) is 1. The molecule has 2 heterocycles. The molecule has 0 amide bonds. The molecule has 0 unspecified atom stereocenters. The van der Waals surface area contributed by atoms with Crippen molar-refractivity contribution in [3.05, 3.63) is 76.6 Å². The van der Waals surface area contributed by atoms with Crippen molar-refractivity contribution in [1.29, 1.82) is 0 Å². The second-order valence-corrected chi connectivity index (χ2v) is 6.61. The van der Waals surface area contributed by atoms with Crippen molar-refractivity contribution in [2.45, 2.75) is 0 Å². The Bertz CT molecular complexity index is 1160. The fourth-order valence-corrected chi connectivity index (χ4v) is 3.60. The summed E-state index contributed by atoms with van der Waals surface area (Å²) in [5.41, 5.74) is 0.932. The van der Waals surface area contributed by atoms with Crippen LogP contribution in [0.3, 0.4) is 0 Å². The Morgan fingerprint density at radius 3 is 2.63 bits per heavy atom. The lowest BCUT2D eigenvalue weighted by atomic mass is 10.2. The molecule has 0 N–H and O–H groups in total. The number of nitrogens with zero attached hydrogens (tertiary/aromatic N) is 3. The number of thiophene rings is 1. The molecule has 0 atom stereocenters. The van der Waals surface area contributed by atoms with E-state index in [1.165, 1.54) is 35.9 Å². The van der Waals surface area contributed by atoms with E-state index in [2.05, 4.69) is 9.97 Å². The highest BCUT2D eigenvalue weighted by molar-refractivity contribution is 7.21. The Morgan fingerprint density at radius 2 is 1.89 bits per heavy atom. The van der Waals surface area contributed by atoms with Gasteiger partial charge in [0, 0.05) is 16.5 Å². The van der Waals surface area contributed by atoms with Gasteiger partial charge >= 0.3 is 5.69 Å². The van der Waals surface area contributed by atoms with Crippen molar-refractivity contribution in [2.75, 3.05) is 0 Å². The number of nitro groups is 1. The standard InChI is InChI=1S/C19H11N3O4S/c23-10-12-6-7-16(15(8-12)22(24)25)26-18-14-9-17(13-4-2-1-3-5-13)27-19(14)21-11-20-18/h1-11H. The van der Waals surface area contributed by atoms with Crippen molar-refractivity contribution in [3.8, 4) is 22.1 Å². The maximum atomic E-state index is 11.3. The van der Waals surface area contributed by atoms with Crippen LogP contribution < -0.4 is 4.74 Å². The summed E-state index contributed by atoms with van der Waals surface area (Å²) in [5.74, 6) is 0.235. The molecule has 8 heteroatoms. The van der Waals surface area contributed by atoms with E-state index in [0.717, 1.165) is 10.4 Å². The highest BCUT2D eigenvalue weighted by atomic mass is 32.1. The van der Waals surface area contributed by atoms with Crippen LogP contribution in [0.4, 0.5) is 5.69 Å². The van der Waals surface area contributed by atoms with Gasteiger partial charge < -0.3 is 4.74 Å². The van der Waals surface area contributed by atoms with Gasteiger partial charge in [-0.15, -0.1) is 11.3 Å². The minimum absolute atomic E-state index is 0.0121. The Hall–Kier alpha value is -3.65. The number of hydrogen-bond acceptors (Lipinski definition) is 7. The number of benzene rings is 2. The molecular formula is C19H11N3O4S. The first-order chi connectivity index (χ1) is 13.2. The summed E-state index contributed by atoms with van der Waals surface area (Å²) in [6.07, 6.45) is 1.90. The van der Waals surface area contributed by atoms with Crippen molar-refractivity contribution in [3.63, 3.8) is 0 Å².